The van der Waals surface area contributed by atoms with E-state index >= 15 is 0 Å². The maximum absolute atomic E-state index is 6.23. The van der Waals surface area contributed by atoms with E-state index in [0.717, 1.165) is 37.9 Å². The van der Waals surface area contributed by atoms with Crippen LogP contribution in [0.25, 0.3) is 0 Å². The van der Waals surface area contributed by atoms with Crippen LogP contribution >= 0.6 is 11.8 Å². The van der Waals surface area contributed by atoms with Crippen LogP contribution in [0.4, 0.5) is 0 Å². The van der Waals surface area contributed by atoms with E-state index in [1.807, 2.05) is 25.6 Å². The summed E-state index contributed by atoms with van der Waals surface area (Å²) >= 11 is 1.85. The molecule has 26 heavy (non-hydrogen) atoms. The van der Waals surface area contributed by atoms with Gasteiger partial charge >= 0.3 is 0 Å². The summed E-state index contributed by atoms with van der Waals surface area (Å²) < 4.78 is 0. The highest BCUT2D eigenvalue weighted by atomic mass is 32.2. The van der Waals surface area contributed by atoms with E-state index < -0.39 is 0 Å². The number of allylic oxidation sites excluding steroid dienone is 5. The molecule has 0 saturated carbocycles. The summed E-state index contributed by atoms with van der Waals surface area (Å²) in [7, 11) is 0. The summed E-state index contributed by atoms with van der Waals surface area (Å²) in [5.74, 6) is 0. The molecule has 2 rings (SSSR count). The van der Waals surface area contributed by atoms with E-state index in [4.69, 9.17) is 5.73 Å². The van der Waals surface area contributed by atoms with Gasteiger partial charge in [0, 0.05) is 29.2 Å². The Bertz CT molecular complexity index is 572. The molecule has 1 fully saturated rings. The second kappa shape index (κ2) is 11.6. The van der Waals surface area contributed by atoms with Crippen molar-refractivity contribution in [2.45, 2.75) is 71.4 Å². The van der Waals surface area contributed by atoms with Gasteiger partial charge in [0.1, 0.15) is 0 Å². The van der Waals surface area contributed by atoms with Crippen LogP contribution in [-0.2, 0) is 0 Å². The number of nitrogens with zero attached hydrogens (tertiary/aromatic N) is 1. The smallest absolute Gasteiger partial charge is 0.0536 e. The fourth-order valence-corrected chi connectivity index (χ4v) is 4.08. The number of hydrogen-bond acceptors (Lipinski definition) is 4. The second-order valence-electron chi connectivity index (χ2n) is 7.04. The molecule has 1 aliphatic carbocycles. The van der Waals surface area contributed by atoms with Crippen molar-refractivity contribution in [3.63, 3.8) is 0 Å². The fourth-order valence-electron chi connectivity index (χ4n) is 3.29. The van der Waals surface area contributed by atoms with Crippen molar-refractivity contribution in [1.82, 2.24) is 5.32 Å². The lowest BCUT2D eigenvalue weighted by molar-refractivity contribution is 0.302. The Balaban J connectivity index is 0.00000163. The monoisotopic (exact) mass is 375 g/mol. The van der Waals surface area contributed by atoms with Crippen LogP contribution in [0.2, 0.25) is 0 Å². The highest BCUT2D eigenvalue weighted by Crippen LogP contribution is 2.34. The average Bonchev–Trinajstić information content (AvgIpc) is 2.64. The molecule has 2 unspecified atom stereocenters. The highest BCUT2D eigenvalue weighted by Gasteiger charge is 2.28. The Morgan fingerprint density at radius 1 is 1.50 bits per heavy atom. The number of rotatable bonds is 6. The van der Waals surface area contributed by atoms with Gasteiger partial charge in [-0.3, -0.25) is 4.99 Å². The molecule has 0 amide bonds. The number of thioether (sulfide) groups is 1. The summed E-state index contributed by atoms with van der Waals surface area (Å²) in [5, 5.41) is 3.57. The molecule has 0 aromatic rings. The number of piperidine rings is 1. The van der Waals surface area contributed by atoms with Gasteiger partial charge in [-0.05, 0) is 57.8 Å². The van der Waals surface area contributed by atoms with Gasteiger partial charge < -0.3 is 11.1 Å². The number of nitrogens with two attached hydrogens (primary N) is 1. The summed E-state index contributed by atoms with van der Waals surface area (Å²) in [5.41, 5.74) is 10.2. The highest BCUT2D eigenvalue weighted by molar-refractivity contribution is 8.02. The van der Waals surface area contributed by atoms with Crippen LogP contribution in [0.1, 0.15) is 59.8 Å². The molecule has 1 heterocycles. The Morgan fingerprint density at radius 3 is 2.81 bits per heavy atom. The lowest BCUT2D eigenvalue weighted by atomic mass is 9.88. The lowest BCUT2D eigenvalue weighted by Crippen LogP contribution is -2.54. The Kier molecular flexibility index (Phi) is 10.2. The van der Waals surface area contributed by atoms with Crippen molar-refractivity contribution >= 4 is 18.0 Å². The molecule has 0 radical (unpaired) electrons. The molecule has 1 saturated heterocycles. The van der Waals surface area contributed by atoms with E-state index in [-0.39, 0.29) is 11.6 Å². The predicted molar refractivity (Wildman–Crippen MR) is 120 cm³/mol. The summed E-state index contributed by atoms with van der Waals surface area (Å²) in [6.07, 6.45) is 15.7. The molecule has 3 N–H and O–H groups in total. The SMILES string of the molecule is C=CC=N/C(=C\CC1=C(C)CCC=C1SC)C1CCC(C)(N)CN1.CC. The molecule has 0 bridgehead atoms. The molecule has 0 spiro atoms. The maximum Gasteiger partial charge on any atom is 0.0536 e. The van der Waals surface area contributed by atoms with Crippen LogP contribution in [0, 0.1) is 0 Å². The van der Waals surface area contributed by atoms with E-state index in [2.05, 4.69) is 49.1 Å². The van der Waals surface area contributed by atoms with Crippen molar-refractivity contribution < 1.29 is 0 Å². The van der Waals surface area contributed by atoms with E-state index in [1.165, 1.54) is 22.5 Å². The zero-order valence-electron chi connectivity index (χ0n) is 17.3. The maximum atomic E-state index is 6.23. The predicted octanol–water partition coefficient (Wildman–Crippen LogP) is 5.37. The van der Waals surface area contributed by atoms with Gasteiger partial charge in [-0.2, -0.15) is 0 Å². The van der Waals surface area contributed by atoms with E-state index in [0.29, 0.717) is 0 Å². The molecule has 2 aliphatic rings. The minimum absolute atomic E-state index is 0.110. The van der Waals surface area contributed by atoms with Gasteiger partial charge in [0.25, 0.3) is 0 Å². The Morgan fingerprint density at radius 2 is 2.23 bits per heavy atom. The molecule has 3 nitrogen and oxygen atoms in total. The first kappa shape index (κ1) is 22.9. The van der Waals surface area contributed by atoms with Gasteiger partial charge in [-0.15, -0.1) is 11.8 Å². The molecular formula is C22H37N3S. The van der Waals surface area contributed by atoms with Crippen LogP contribution in [0.5, 0.6) is 0 Å². The van der Waals surface area contributed by atoms with Crippen molar-refractivity contribution in [1.29, 1.82) is 0 Å². The standard InChI is InChI=1S/C20H31N3S.C2H6/c1-5-13-22-17(18-11-12-20(3,21)14-23-18)10-9-16-15(2)7-6-8-19(16)24-4;1-2/h5,8,10,13,18,23H,1,6-7,9,11-12,14,21H2,2-4H3;1-2H3/b17-10-,22-13?;. The fraction of sp³-hybridized carbons (Fsp3) is 0.591. The number of nitrogens with one attached hydrogen (secondary N) is 1. The van der Waals surface area contributed by atoms with Gasteiger partial charge in [0.05, 0.1) is 5.70 Å². The van der Waals surface area contributed by atoms with Crippen molar-refractivity contribution in [2.24, 2.45) is 10.7 Å². The van der Waals surface area contributed by atoms with Crippen LogP contribution in [0.3, 0.4) is 0 Å². The van der Waals surface area contributed by atoms with Crippen LogP contribution in [0.15, 0.2) is 51.5 Å². The Labute approximate surface area is 165 Å². The largest absolute Gasteiger partial charge is 0.324 e. The third kappa shape index (κ3) is 6.90. The van der Waals surface area contributed by atoms with Gasteiger partial charge in [0.2, 0.25) is 0 Å². The molecule has 1 aliphatic heterocycles. The molecule has 2 atom stereocenters. The first-order valence-corrected chi connectivity index (χ1v) is 11.0. The van der Waals surface area contributed by atoms with Crippen molar-refractivity contribution in [3.8, 4) is 0 Å². The summed E-state index contributed by atoms with van der Waals surface area (Å²) in [6, 6.07) is 0.282. The molecular weight excluding hydrogens is 338 g/mol. The molecule has 0 aromatic carbocycles. The topological polar surface area (TPSA) is 50.4 Å². The van der Waals surface area contributed by atoms with Crippen molar-refractivity contribution in [3.05, 3.63) is 46.6 Å². The van der Waals surface area contributed by atoms with E-state index in [1.54, 1.807) is 12.3 Å². The zero-order chi connectivity index (χ0) is 19.6. The minimum Gasteiger partial charge on any atom is -0.324 e. The summed E-state index contributed by atoms with van der Waals surface area (Å²) in [4.78, 5) is 6.06. The van der Waals surface area contributed by atoms with E-state index in [9.17, 15) is 0 Å². The van der Waals surface area contributed by atoms with Crippen molar-refractivity contribution in [2.75, 3.05) is 12.8 Å². The lowest BCUT2D eigenvalue weighted by Gasteiger charge is -2.35. The van der Waals surface area contributed by atoms with Gasteiger partial charge in [0.15, 0.2) is 0 Å². The summed E-state index contributed by atoms with van der Waals surface area (Å²) in [6.45, 7) is 13.0. The third-order valence-corrected chi connectivity index (χ3v) is 5.69. The first-order chi connectivity index (χ1) is 12.5. The van der Waals surface area contributed by atoms with Crippen LogP contribution in [-0.4, -0.2) is 30.6 Å². The van der Waals surface area contributed by atoms with Gasteiger partial charge in [-0.25, -0.2) is 0 Å². The molecule has 146 valence electrons. The van der Waals surface area contributed by atoms with Gasteiger partial charge in [-0.1, -0.05) is 44.2 Å². The Hall–Kier alpha value is -1.10. The normalized spacial score (nSPS) is 27.1. The average molecular weight is 376 g/mol. The van der Waals surface area contributed by atoms with Crippen LogP contribution < -0.4 is 11.1 Å². The number of aliphatic imine (C=N–C) groups is 1. The molecule has 4 heteroatoms. The quantitative estimate of drug-likeness (QED) is 0.614. The zero-order valence-corrected chi connectivity index (χ0v) is 18.1. The minimum atomic E-state index is -0.110. The first-order valence-electron chi connectivity index (χ1n) is 9.77. The molecule has 0 aromatic heterocycles. The number of hydrogen-bond donors (Lipinski definition) is 2. The second-order valence-corrected chi connectivity index (χ2v) is 7.89. The third-order valence-electron chi connectivity index (χ3n) is 4.84.